The lowest BCUT2D eigenvalue weighted by atomic mass is 10.1. The summed E-state index contributed by atoms with van der Waals surface area (Å²) in [6.07, 6.45) is 0.0892. The molecule has 3 atom stereocenters. The predicted molar refractivity (Wildman–Crippen MR) is 138 cm³/mol. The molecule has 0 N–H and O–H groups in total. The molecule has 0 amide bonds. The van der Waals surface area contributed by atoms with Crippen molar-refractivity contribution in [1.82, 2.24) is 14.5 Å². The zero-order valence-electron chi connectivity index (χ0n) is 20.1. The molecule has 190 valence electrons. The Kier molecular flexibility index (Phi) is 7.15. The monoisotopic (exact) mass is 539 g/mol. The summed E-state index contributed by atoms with van der Waals surface area (Å²) < 4.78 is 19.4. The number of carbonyl (C=O) groups excluding carboxylic acids is 2. The van der Waals surface area contributed by atoms with Gasteiger partial charge in [-0.05, 0) is 55.8 Å². The Morgan fingerprint density at radius 2 is 1.57 bits per heavy atom. The fraction of sp³-hybridized carbons (Fsp3) is 0.259. The number of benzene rings is 2. The molecule has 4 aromatic rings. The lowest BCUT2D eigenvalue weighted by molar-refractivity contribution is -0.0562. The lowest BCUT2D eigenvalue weighted by Gasteiger charge is -2.19. The van der Waals surface area contributed by atoms with Crippen molar-refractivity contribution in [2.45, 2.75) is 38.7 Å². The predicted octanol–water partition coefficient (Wildman–Crippen LogP) is 5.73. The Labute approximate surface area is 223 Å². The fourth-order valence-electron chi connectivity index (χ4n) is 4.18. The molecule has 0 radical (unpaired) electrons. The number of aromatic nitrogens is 3. The molecule has 1 fully saturated rings. The molecule has 0 spiro atoms. The zero-order chi connectivity index (χ0) is 26.1. The minimum absolute atomic E-state index is 0.00127. The summed E-state index contributed by atoms with van der Waals surface area (Å²) in [7, 11) is 0. The molecule has 1 aliphatic rings. The normalized spacial score (nSPS) is 19.2. The lowest BCUT2D eigenvalue weighted by Crippen LogP contribution is -2.32. The van der Waals surface area contributed by atoms with Gasteiger partial charge < -0.3 is 18.8 Å². The van der Waals surface area contributed by atoms with Gasteiger partial charge in [0, 0.05) is 12.6 Å². The van der Waals surface area contributed by atoms with E-state index in [1.807, 2.05) is 38.1 Å². The summed E-state index contributed by atoms with van der Waals surface area (Å²) in [6, 6.07) is 15.9. The van der Waals surface area contributed by atoms with Gasteiger partial charge in [0.1, 0.15) is 35.8 Å². The number of halogens is 2. The smallest absolute Gasteiger partial charge is 0.338 e. The molecule has 8 nitrogen and oxygen atoms in total. The SMILES string of the molecule is Cc1ccc(C(=O)OCC2OC(n3ccc4c(Cl)nc(Cl)nc43)CC2OC(=O)c2ccc(C)cc2)cc1. The highest BCUT2D eigenvalue weighted by Crippen LogP contribution is 2.35. The summed E-state index contributed by atoms with van der Waals surface area (Å²) >= 11 is 12.3. The molecule has 2 aromatic heterocycles. The Morgan fingerprint density at radius 3 is 2.22 bits per heavy atom. The van der Waals surface area contributed by atoms with Crippen LogP contribution in [-0.4, -0.2) is 45.3 Å². The van der Waals surface area contributed by atoms with Gasteiger partial charge in [-0.1, -0.05) is 47.0 Å². The Morgan fingerprint density at radius 1 is 0.946 bits per heavy atom. The third kappa shape index (κ3) is 5.46. The molecule has 5 rings (SSSR count). The van der Waals surface area contributed by atoms with Gasteiger partial charge in [-0.2, -0.15) is 4.98 Å². The zero-order valence-corrected chi connectivity index (χ0v) is 21.6. The van der Waals surface area contributed by atoms with E-state index in [1.54, 1.807) is 41.1 Å². The van der Waals surface area contributed by atoms with Crippen LogP contribution >= 0.6 is 23.2 Å². The Bertz CT molecular complexity index is 1450. The number of nitrogens with zero attached hydrogens (tertiary/aromatic N) is 3. The number of rotatable bonds is 6. The summed E-state index contributed by atoms with van der Waals surface area (Å²) in [5, 5.41) is 0.830. The Balaban J connectivity index is 1.37. The Hall–Kier alpha value is -3.46. The van der Waals surface area contributed by atoms with Crippen LogP contribution in [0.3, 0.4) is 0 Å². The van der Waals surface area contributed by atoms with Crippen LogP contribution in [0.4, 0.5) is 0 Å². The van der Waals surface area contributed by atoms with Gasteiger partial charge in [0.2, 0.25) is 5.28 Å². The maximum atomic E-state index is 12.9. The number of hydrogen-bond acceptors (Lipinski definition) is 7. The maximum Gasteiger partial charge on any atom is 0.338 e. The van der Waals surface area contributed by atoms with Gasteiger partial charge in [0.25, 0.3) is 0 Å². The molecule has 2 aromatic carbocycles. The minimum atomic E-state index is -0.709. The van der Waals surface area contributed by atoms with Gasteiger partial charge in [-0.3, -0.25) is 0 Å². The van der Waals surface area contributed by atoms with E-state index in [0.29, 0.717) is 28.6 Å². The van der Waals surface area contributed by atoms with Gasteiger partial charge in [-0.15, -0.1) is 0 Å². The van der Waals surface area contributed by atoms with Crippen LogP contribution in [0.15, 0.2) is 60.8 Å². The highest BCUT2D eigenvalue weighted by atomic mass is 35.5. The topological polar surface area (TPSA) is 92.5 Å². The first kappa shape index (κ1) is 25.2. The largest absolute Gasteiger partial charge is 0.459 e. The van der Waals surface area contributed by atoms with E-state index in [-0.39, 0.29) is 17.0 Å². The molecule has 3 unspecified atom stereocenters. The van der Waals surface area contributed by atoms with E-state index in [4.69, 9.17) is 37.4 Å². The summed E-state index contributed by atoms with van der Waals surface area (Å²) in [5.41, 5.74) is 3.38. The van der Waals surface area contributed by atoms with Crippen LogP contribution in [0, 0.1) is 13.8 Å². The molecular formula is C27H23Cl2N3O5. The van der Waals surface area contributed by atoms with Crippen LogP contribution in [0.1, 0.15) is 44.5 Å². The average molecular weight is 540 g/mol. The molecule has 0 aliphatic carbocycles. The summed E-state index contributed by atoms with van der Waals surface area (Å²) in [6.45, 7) is 3.77. The highest BCUT2D eigenvalue weighted by molar-refractivity contribution is 6.35. The number of fused-ring (bicyclic) bond motifs is 1. The number of aryl methyl sites for hydroxylation is 2. The van der Waals surface area contributed by atoms with Gasteiger partial charge in [-0.25, -0.2) is 14.6 Å². The van der Waals surface area contributed by atoms with Crippen LogP contribution in [-0.2, 0) is 14.2 Å². The molecule has 37 heavy (non-hydrogen) atoms. The highest BCUT2D eigenvalue weighted by Gasteiger charge is 2.40. The first-order valence-electron chi connectivity index (χ1n) is 11.6. The van der Waals surface area contributed by atoms with E-state index in [2.05, 4.69) is 9.97 Å². The van der Waals surface area contributed by atoms with Crippen molar-refractivity contribution in [3.8, 4) is 0 Å². The van der Waals surface area contributed by atoms with Crippen molar-refractivity contribution in [2.24, 2.45) is 0 Å². The van der Waals surface area contributed by atoms with Gasteiger partial charge in [0.05, 0.1) is 16.5 Å². The van der Waals surface area contributed by atoms with Crippen LogP contribution < -0.4 is 0 Å². The van der Waals surface area contributed by atoms with Crippen molar-refractivity contribution in [2.75, 3.05) is 6.61 Å². The van der Waals surface area contributed by atoms with Crippen molar-refractivity contribution in [3.63, 3.8) is 0 Å². The van der Waals surface area contributed by atoms with E-state index in [1.165, 1.54) is 0 Å². The molecule has 0 bridgehead atoms. The van der Waals surface area contributed by atoms with Crippen molar-refractivity contribution < 1.29 is 23.8 Å². The van der Waals surface area contributed by atoms with E-state index in [9.17, 15) is 9.59 Å². The van der Waals surface area contributed by atoms with E-state index < -0.39 is 30.4 Å². The molecule has 1 aliphatic heterocycles. The number of hydrogen-bond donors (Lipinski definition) is 0. The minimum Gasteiger partial charge on any atom is -0.459 e. The molecular weight excluding hydrogens is 517 g/mol. The van der Waals surface area contributed by atoms with E-state index in [0.717, 1.165) is 11.1 Å². The third-order valence-electron chi connectivity index (χ3n) is 6.20. The van der Waals surface area contributed by atoms with Crippen molar-refractivity contribution >= 4 is 46.2 Å². The molecule has 0 saturated carbocycles. The van der Waals surface area contributed by atoms with Crippen LogP contribution in [0.2, 0.25) is 10.4 Å². The summed E-state index contributed by atoms with van der Waals surface area (Å²) in [5.74, 6) is -0.983. The first-order chi connectivity index (χ1) is 17.8. The maximum absolute atomic E-state index is 12.9. The average Bonchev–Trinajstić information content (AvgIpc) is 3.47. The quantitative estimate of drug-likeness (QED) is 0.175. The second kappa shape index (κ2) is 10.5. The van der Waals surface area contributed by atoms with Gasteiger partial charge in [0.15, 0.2) is 0 Å². The molecule has 10 heteroatoms. The number of esters is 2. The fourth-order valence-corrected chi connectivity index (χ4v) is 4.61. The number of ether oxygens (including phenoxy) is 3. The van der Waals surface area contributed by atoms with Crippen LogP contribution in [0.5, 0.6) is 0 Å². The summed E-state index contributed by atoms with van der Waals surface area (Å²) in [4.78, 5) is 33.8. The third-order valence-corrected chi connectivity index (χ3v) is 6.66. The standard InChI is InChI=1S/C27H23Cl2N3O5/c1-15-3-7-17(8-4-15)25(33)35-14-21-20(37-26(34)18-9-5-16(2)6-10-18)13-22(36-21)32-12-11-19-23(28)30-27(29)31-24(19)32/h3-12,20-22H,13-14H2,1-2H3. The van der Waals surface area contributed by atoms with Crippen molar-refractivity contribution in [3.05, 3.63) is 93.5 Å². The molecule has 3 heterocycles. The number of carbonyl (C=O) groups is 2. The second-order valence-electron chi connectivity index (χ2n) is 8.88. The van der Waals surface area contributed by atoms with Crippen LogP contribution in [0.25, 0.3) is 11.0 Å². The van der Waals surface area contributed by atoms with Crippen molar-refractivity contribution in [1.29, 1.82) is 0 Å². The second-order valence-corrected chi connectivity index (χ2v) is 9.58. The van der Waals surface area contributed by atoms with Gasteiger partial charge >= 0.3 is 11.9 Å². The molecule has 1 saturated heterocycles. The van der Waals surface area contributed by atoms with E-state index >= 15 is 0 Å². The first-order valence-corrected chi connectivity index (χ1v) is 12.4.